The van der Waals surface area contributed by atoms with Gasteiger partial charge in [-0.25, -0.2) is 0 Å². The predicted octanol–water partition coefficient (Wildman–Crippen LogP) is 2.59. The minimum atomic E-state index is 0.653. The highest BCUT2D eigenvalue weighted by molar-refractivity contribution is 5.61. The van der Waals surface area contributed by atoms with Crippen LogP contribution < -0.4 is 15.8 Å². The Bertz CT molecular complexity index is 577. The third kappa shape index (κ3) is 3.44. The molecule has 0 bridgehead atoms. The van der Waals surface area contributed by atoms with Gasteiger partial charge in [0.1, 0.15) is 5.75 Å². The summed E-state index contributed by atoms with van der Waals surface area (Å²) >= 11 is 0. The molecule has 3 N–H and O–H groups in total. The second kappa shape index (κ2) is 6.32. The normalized spacial score (nSPS) is 10.6. The minimum Gasteiger partial charge on any atom is -0.495 e. The lowest BCUT2D eigenvalue weighted by atomic mass is 10.2. The van der Waals surface area contributed by atoms with Gasteiger partial charge in [0, 0.05) is 30.5 Å². The lowest BCUT2D eigenvalue weighted by molar-refractivity contribution is 0.417. The first kappa shape index (κ1) is 14.2. The molecule has 0 unspecified atom stereocenters. The maximum atomic E-state index is 5.79. The zero-order valence-electron chi connectivity index (χ0n) is 12.3. The summed E-state index contributed by atoms with van der Waals surface area (Å²) in [5, 5.41) is 7.81. The topological polar surface area (TPSA) is 65.1 Å². The first-order valence-corrected chi connectivity index (χ1v) is 6.78. The summed E-state index contributed by atoms with van der Waals surface area (Å²) in [6, 6.07) is 7.82. The molecule has 0 atom stereocenters. The molecule has 1 heterocycles. The third-order valence-electron chi connectivity index (χ3n) is 3.21. The molecule has 1 aromatic carbocycles. The predicted molar refractivity (Wildman–Crippen MR) is 82.2 cm³/mol. The molecular weight excluding hydrogens is 252 g/mol. The molecule has 0 aliphatic carbocycles. The molecule has 0 aliphatic heterocycles. The Balaban J connectivity index is 1.83. The van der Waals surface area contributed by atoms with Gasteiger partial charge in [0.15, 0.2) is 0 Å². The molecule has 1 aromatic heterocycles. The largest absolute Gasteiger partial charge is 0.495 e. The monoisotopic (exact) mass is 274 g/mol. The van der Waals surface area contributed by atoms with Crippen molar-refractivity contribution in [3.05, 3.63) is 35.7 Å². The molecule has 0 amide bonds. The number of nitrogens with one attached hydrogen (secondary N) is 1. The van der Waals surface area contributed by atoms with E-state index in [1.165, 1.54) is 5.69 Å². The fourth-order valence-electron chi connectivity index (χ4n) is 2.18. The summed E-state index contributed by atoms with van der Waals surface area (Å²) in [4.78, 5) is 0. The van der Waals surface area contributed by atoms with Crippen molar-refractivity contribution in [3.8, 4) is 5.75 Å². The van der Waals surface area contributed by atoms with Crippen LogP contribution in [0.2, 0.25) is 0 Å². The molecule has 0 saturated heterocycles. The zero-order valence-corrected chi connectivity index (χ0v) is 12.3. The van der Waals surface area contributed by atoms with E-state index in [2.05, 4.69) is 23.4 Å². The Hall–Kier alpha value is -2.17. The van der Waals surface area contributed by atoms with E-state index in [4.69, 9.17) is 10.5 Å². The number of hydrogen-bond acceptors (Lipinski definition) is 4. The maximum absolute atomic E-state index is 5.79. The Morgan fingerprint density at radius 1 is 1.30 bits per heavy atom. The van der Waals surface area contributed by atoms with E-state index in [-0.39, 0.29) is 0 Å². The first-order chi connectivity index (χ1) is 9.60. The smallest absolute Gasteiger partial charge is 0.143 e. The van der Waals surface area contributed by atoms with E-state index >= 15 is 0 Å². The number of anilines is 2. The maximum Gasteiger partial charge on any atom is 0.143 e. The lowest BCUT2D eigenvalue weighted by Gasteiger charge is -2.10. The Labute approximate surface area is 119 Å². The molecule has 2 aromatic rings. The highest BCUT2D eigenvalue weighted by Gasteiger charge is 2.02. The highest BCUT2D eigenvalue weighted by atomic mass is 16.5. The Kier molecular flexibility index (Phi) is 4.50. The van der Waals surface area contributed by atoms with Gasteiger partial charge < -0.3 is 15.8 Å². The van der Waals surface area contributed by atoms with Gasteiger partial charge in [-0.05, 0) is 38.5 Å². The molecular formula is C15H22N4O. The molecule has 5 nitrogen and oxygen atoms in total. The molecule has 0 aliphatic rings. The summed E-state index contributed by atoms with van der Waals surface area (Å²) in [5.74, 6) is 0.702. The van der Waals surface area contributed by atoms with Crippen molar-refractivity contribution in [2.24, 2.45) is 0 Å². The van der Waals surface area contributed by atoms with Crippen LogP contribution in [0.5, 0.6) is 5.75 Å². The number of rotatable bonds is 6. The van der Waals surface area contributed by atoms with Crippen LogP contribution in [0.25, 0.3) is 0 Å². The van der Waals surface area contributed by atoms with E-state index in [0.717, 1.165) is 30.9 Å². The van der Waals surface area contributed by atoms with Crippen LogP contribution in [0.3, 0.4) is 0 Å². The van der Waals surface area contributed by atoms with E-state index in [1.54, 1.807) is 7.11 Å². The van der Waals surface area contributed by atoms with Crippen LogP contribution in [-0.2, 0) is 6.54 Å². The number of nitrogens with two attached hydrogens (primary N) is 1. The number of aryl methyl sites for hydroxylation is 3. The van der Waals surface area contributed by atoms with Crippen molar-refractivity contribution >= 4 is 11.4 Å². The van der Waals surface area contributed by atoms with E-state index in [0.29, 0.717) is 11.4 Å². The summed E-state index contributed by atoms with van der Waals surface area (Å²) < 4.78 is 7.24. The molecule has 20 heavy (non-hydrogen) atoms. The number of nitrogens with zero attached hydrogens (tertiary/aromatic N) is 2. The van der Waals surface area contributed by atoms with Crippen molar-refractivity contribution in [1.29, 1.82) is 0 Å². The molecule has 0 saturated carbocycles. The van der Waals surface area contributed by atoms with E-state index in [1.807, 2.05) is 29.8 Å². The average Bonchev–Trinajstić information content (AvgIpc) is 2.75. The van der Waals surface area contributed by atoms with Crippen LogP contribution in [0.15, 0.2) is 24.3 Å². The third-order valence-corrected chi connectivity index (χ3v) is 3.21. The van der Waals surface area contributed by atoms with E-state index < -0.39 is 0 Å². The standard InChI is InChI=1S/C15H22N4O/c1-11-9-12(2)19(18-11)8-4-7-17-13-5-6-14(16)15(10-13)20-3/h5-6,9-10,17H,4,7-8,16H2,1-3H3. The number of nitrogen functional groups attached to an aromatic ring is 1. The minimum absolute atomic E-state index is 0.653. The lowest BCUT2D eigenvalue weighted by Crippen LogP contribution is -2.09. The van der Waals surface area contributed by atoms with Gasteiger partial charge in [0.05, 0.1) is 18.5 Å². The number of methoxy groups -OCH3 is 1. The van der Waals surface area contributed by atoms with Crippen LogP contribution in [-0.4, -0.2) is 23.4 Å². The Morgan fingerprint density at radius 2 is 2.10 bits per heavy atom. The number of hydrogen-bond donors (Lipinski definition) is 2. The molecule has 2 rings (SSSR count). The average molecular weight is 274 g/mol. The zero-order chi connectivity index (χ0) is 14.5. The Morgan fingerprint density at radius 3 is 2.75 bits per heavy atom. The molecule has 0 spiro atoms. The van der Waals surface area contributed by atoms with Crippen LogP contribution in [0.1, 0.15) is 17.8 Å². The second-order valence-corrected chi connectivity index (χ2v) is 4.89. The molecule has 0 radical (unpaired) electrons. The summed E-state index contributed by atoms with van der Waals surface area (Å²) in [5.41, 5.74) is 9.73. The van der Waals surface area contributed by atoms with Gasteiger partial charge in [-0.2, -0.15) is 5.10 Å². The van der Waals surface area contributed by atoms with Crippen LogP contribution >= 0.6 is 0 Å². The summed E-state index contributed by atoms with van der Waals surface area (Å²) in [6.45, 7) is 5.89. The van der Waals surface area contributed by atoms with Crippen molar-refractivity contribution < 1.29 is 4.74 Å². The molecule has 5 heteroatoms. The molecule has 108 valence electrons. The van der Waals surface area contributed by atoms with Gasteiger partial charge >= 0.3 is 0 Å². The SMILES string of the molecule is COc1cc(NCCCn2nc(C)cc2C)ccc1N. The number of benzene rings is 1. The molecule has 0 fully saturated rings. The number of aromatic nitrogens is 2. The van der Waals surface area contributed by atoms with Gasteiger partial charge in [-0.15, -0.1) is 0 Å². The van der Waals surface area contributed by atoms with Crippen molar-refractivity contribution in [1.82, 2.24) is 9.78 Å². The fraction of sp³-hybridized carbons (Fsp3) is 0.400. The van der Waals surface area contributed by atoms with Gasteiger partial charge in [-0.3, -0.25) is 4.68 Å². The van der Waals surface area contributed by atoms with Crippen molar-refractivity contribution in [2.45, 2.75) is 26.8 Å². The summed E-state index contributed by atoms with van der Waals surface area (Å²) in [6.07, 6.45) is 1.01. The van der Waals surface area contributed by atoms with Gasteiger partial charge in [-0.1, -0.05) is 0 Å². The van der Waals surface area contributed by atoms with Crippen molar-refractivity contribution in [2.75, 3.05) is 24.7 Å². The van der Waals surface area contributed by atoms with Crippen LogP contribution in [0, 0.1) is 13.8 Å². The quantitative estimate of drug-likeness (QED) is 0.627. The van der Waals surface area contributed by atoms with E-state index in [9.17, 15) is 0 Å². The van der Waals surface area contributed by atoms with Gasteiger partial charge in [0.25, 0.3) is 0 Å². The number of ether oxygens (including phenoxy) is 1. The van der Waals surface area contributed by atoms with Crippen molar-refractivity contribution in [3.63, 3.8) is 0 Å². The second-order valence-electron chi connectivity index (χ2n) is 4.89. The highest BCUT2D eigenvalue weighted by Crippen LogP contribution is 2.24. The fourth-order valence-corrected chi connectivity index (χ4v) is 2.18. The summed E-state index contributed by atoms with van der Waals surface area (Å²) in [7, 11) is 1.62. The first-order valence-electron chi connectivity index (χ1n) is 6.78. The van der Waals surface area contributed by atoms with Gasteiger partial charge in [0.2, 0.25) is 0 Å². The van der Waals surface area contributed by atoms with Crippen LogP contribution in [0.4, 0.5) is 11.4 Å².